The number of anilines is 2. The Balaban J connectivity index is 1.53. The van der Waals surface area contributed by atoms with Crippen molar-refractivity contribution in [3.63, 3.8) is 0 Å². The maximum absolute atomic E-state index is 13.7. The summed E-state index contributed by atoms with van der Waals surface area (Å²) in [5, 5.41) is 8.33. The molecule has 0 spiro atoms. The van der Waals surface area contributed by atoms with E-state index in [1.165, 1.54) is 25.2 Å². The lowest BCUT2D eigenvalue weighted by Gasteiger charge is -2.11. The molecule has 3 N–H and O–H groups in total. The molecule has 0 aliphatic heterocycles. The van der Waals surface area contributed by atoms with E-state index in [0.717, 1.165) is 0 Å². The standard InChI is InChI=1S/C23H18FN5O3/c1-25-21(30)20-28-19-13-14(24)7-12-18(19)22(29-20)32-17-10-8-16(9-11-17)27-23(31)26-15-5-3-2-4-6-15/h2-13H,1H3,(H,25,30)(H2,26,27,31). The summed E-state index contributed by atoms with van der Waals surface area (Å²) in [6.45, 7) is 0. The molecule has 160 valence electrons. The zero-order valence-electron chi connectivity index (χ0n) is 16.9. The highest BCUT2D eigenvalue weighted by atomic mass is 19.1. The second-order valence-electron chi connectivity index (χ2n) is 6.66. The van der Waals surface area contributed by atoms with Crippen molar-refractivity contribution in [3.05, 3.63) is 84.4 Å². The Morgan fingerprint density at radius 3 is 2.25 bits per heavy atom. The number of benzene rings is 3. The fourth-order valence-electron chi connectivity index (χ4n) is 2.90. The maximum Gasteiger partial charge on any atom is 0.323 e. The average molecular weight is 431 g/mol. The van der Waals surface area contributed by atoms with Crippen molar-refractivity contribution in [1.82, 2.24) is 15.3 Å². The third kappa shape index (κ3) is 4.78. The van der Waals surface area contributed by atoms with Crippen LogP contribution in [-0.4, -0.2) is 29.0 Å². The summed E-state index contributed by atoms with van der Waals surface area (Å²) in [6, 6.07) is 19.2. The van der Waals surface area contributed by atoms with Crippen LogP contribution in [0.15, 0.2) is 72.8 Å². The Morgan fingerprint density at radius 1 is 0.875 bits per heavy atom. The second-order valence-corrected chi connectivity index (χ2v) is 6.66. The molecule has 3 aromatic carbocycles. The number of hydrogen-bond donors (Lipinski definition) is 3. The van der Waals surface area contributed by atoms with Crippen LogP contribution in [-0.2, 0) is 0 Å². The van der Waals surface area contributed by atoms with Crippen molar-refractivity contribution in [2.75, 3.05) is 17.7 Å². The number of ether oxygens (including phenoxy) is 1. The van der Waals surface area contributed by atoms with Gasteiger partial charge in [0.25, 0.3) is 5.91 Å². The Kier molecular flexibility index (Phi) is 5.89. The van der Waals surface area contributed by atoms with Gasteiger partial charge in [0, 0.05) is 24.5 Å². The van der Waals surface area contributed by atoms with Crippen molar-refractivity contribution < 1.29 is 18.7 Å². The van der Waals surface area contributed by atoms with Gasteiger partial charge >= 0.3 is 6.03 Å². The summed E-state index contributed by atoms with van der Waals surface area (Å²) in [4.78, 5) is 32.4. The van der Waals surface area contributed by atoms with Crippen LogP contribution < -0.4 is 20.7 Å². The monoisotopic (exact) mass is 431 g/mol. The van der Waals surface area contributed by atoms with Crippen LogP contribution in [0.4, 0.5) is 20.6 Å². The maximum atomic E-state index is 13.7. The van der Waals surface area contributed by atoms with E-state index >= 15 is 0 Å². The summed E-state index contributed by atoms with van der Waals surface area (Å²) >= 11 is 0. The van der Waals surface area contributed by atoms with Crippen molar-refractivity contribution >= 4 is 34.2 Å². The normalized spacial score (nSPS) is 10.4. The lowest BCUT2D eigenvalue weighted by molar-refractivity contribution is 0.0952. The van der Waals surface area contributed by atoms with Crippen LogP contribution >= 0.6 is 0 Å². The highest BCUT2D eigenvalue weighted by Gasteiger charge is 2.15. The Bertz CT molecular complexity index is 1280. The number of nitrogens with zero attached hydrogens (tertiary/aromatic N) is 2. The lowest BCUT2D eigenvalue weighted by atomic mass is 10.2. The van der Waals surface area contributed by atoms with E-state index < -0.39 is 11.7 Å². The molecule has 0 unspecified atom stereocenters. The van der Waals surface area contributed by atoms with Crippen molar-refractivity contribution in [3.8, 4) is 11.6 Å². The van der Waals surface area contributed by atoms with E-state index in [2.05, 4.69) is 25.9 Å². The number of carbonyl (C=O) groups is 2. The molecule has 3 amide bonds. The van der Waals surface area contributed by atoms with Crippen molar-refractivity contribution in [2.45, 2.75) is 0 Å². The Morgan fingerprint density at radius 2 is 1.56 bits per heavy atom. The molecule has 32 heavy (non-hydrogen) atoms. The molecule has 0 radical (unpaired) electrons. The molecule has 1 heterocycles. The van der Waals surface area contributed by atoms with E-state index in [9.17, 15) is 14.0 Å². The van der Waals surface area contributed by atoms with E-state index in [1.807, 2.05) is 18.2 Å². The minimum absolute atomic E-state index is 0.108. The highest BCUT2D eigenvalue weighted by molar-refractivity contribution is 5.99. The zero-order valence-corrected chi connectivity index (χ0v) is 16.9. The van der Waals surface area contributed by atoms with Crippen molar-refractivity contribution in [2.24, 2.45) is 0 Å². The molecule has 0 bridgehead atoms. The van der Waals surface area contributed by atoms with Crippen LogP contribution in [0, 0.1) is 5.82 Å². The van der Waals surface area contributed by atoms with Gasteiger partial charge in [0.05, 0.1) is 10.9 Å². The average Bonchev–Trinajstić information content (AvgIpc) is 2.80. The smallest absolute Gasteiger partial charge is 0.323 e. The van der Waals surface area contributed by atoms with E-state index in [1.54, 1.807) is 36.4 Å². The van der Waals surface area contributed by atoms with E-state index in [-0.39, 0.29) is 23.3 Å². The molecule has 0 aliphatic carbocycles. The summed E-state index contributed by atoms with van der Waals surface area (Å²) in [6.07, 6.45) is 0. The van der Waals surface area contributed by atoms with E-state index in [4.69, 9.17) is 4.74 Å². The first-order chi connectivity index (χ1) is 15.5. The summed E-state index contributed by atoms with van der Waals surface area (Å²) in [7, 11) is 1.45. The quantitative estimate of drug-likeness (QED) is 0.429. The molecule has 0 saturated carbocycles. The molecule has 0 aliphatic rings. The fraction of sp³-hybridized carbons (Fsp3) is 0.0435. The first-order valence-electron chi connectivity index (χ1n) is 9.62. The van der Waals surface area contributed by atoms with Crippen LogP contribution in [0.2, 0.25) is 0 Å². The Hall–Kier alpha value is -4.53. The lowest BCUT2D eigenvalue weighted by Crippen LogP contribution is -2.21. The number of rotatable bonds is 5. The van der Waals surface area contributed by atoms with Crippen LogP contribution in [0.3, 0.4) is 0 Å². The molecule has 4 rings (SSSR count). The molecule has 1 aromatic heterocycles. The SMILES string of the molecule is CNC(=O)c1nc(Oc2ccc(NC(=O)Nc3ccccc3)cc2)c2ccc(F)cc2n1. The largest absolute Gasteiger partial charge is 0.438 e. The number of amides is 3. The number of carbonyl (C=O) groups excluding carboxylic acids is 2. The predicted octanol–water partition coefficient (Wildman–Crippen LogP) is 4.56. The van der Waals surface area contributed by atoms with Gasteiger partial charge < -0.3 is 20.7 Å². The van der Waals surface area contributed by atoms with Crippen LogP contribution in [0.5, 0.6) is 11.6 Å². The molecule has 0 saturated heterocycles. The number of urea groups is 1. The van der Waals surface area contributed by atoms with E-state index in [0.29, 0.717) is 22.5 Å². The number of para-hydroxylation sites is 1. The topological polar surface area (TPSA) is 105 Å². The van der Waals surface area contributed by atoms with Gasteiger partial charge in [-0.2, -0.15) is 4.98 Å². The van der Waals surface area contributed by atoms with Crippen LogP contribution in [0.1, 0.15) is 10.6 Å². The third-order valence-corrected chi connectivity index (χ3v) is 4.41. The first kappa shape index (κ1) is 20.7. The van der Waals surface area contributed by atoms with Gasteiger partial charge in [-0.05, 0) is 48.5 Å². The highest BCUT2D eigenvalue weighted by Crippen LogP contribution is 2.28. The van der Waals surface area contributed by atoms with Gasteiger partial charge in [-0.3, -0.25) is 4.79 Å². The number of aromatic nitrogens is 2. The minimum atomic E-state index is -0.523. The molecule has 0 atom stereocenters. The fourth-order valence-corrected chi connectivity index (χ4v) is 2.90. The van der Waals surface area contributed by atoms with Gasteiger partial charge in [-0.1, -0.05) is 18.2 Å². The summed E-state index contributed by atoms with van der Waals surface area (Å²) in [5.74, 6) is -0.641. The molecule has 9 heteroatoms. The molecule has 0 fully saturated rings. The van der Waals surface area contributed by atoms with Crippen LogP contribution in [0.25, 0.3) is 10.9 Å². The Labute approximate surface area is 182 Å². The minimum Gasteiger partial charge on any atom is -0.438 e. The number of halogens is 1. The molecule has 8 nitrogen and oxygen atoms in total. The van der Waals surface area contributed by atoms with Gasteiger partial charge in [-0.25, -0.2) is 14.2 Å². The summed E-state index contributed by atoms with van der Waals surface area (Å²) < 4.78 is 19.5. The third-order valence-electron chi connectivity index (χ3n) is 4.41. The number of hydrogen-bond acceptors (Lipinski definition) is 5. The van der Waals surface area contributed by atoms with Gasteiger partial charge in [-0.15, -0.1) is 0 Å². The first-order valence-corrected chi connectivity index (χ1v) is 9.62. The van der Waals surface area contributed by atoms with Gasteiger partial charge in [0.15, 0.2) is 0 Å². The molecule has 4 aromatic rings. The van der Waals surface area contributed by atoms with Gasteiger partial charge in [0.1, 0.15) is 11.6 Å². The van der Waals surface area contributed by atoms with Gasteiger partial charge in [0.2, 0.25) is 11.7 Å². The second kappa shape index (κ2) is 9.09. The molecular formula is C23H18FN5O3. The number of fused-ring (bicyclic) bond motifs is 1. The zero-order chi connectivity index (χ0) is 22.5. The predicted molar refractivity (Wildman–Crippen MR) is 118 cm³/mol. The van der Waals surface area contributed by atoms with Crippen molar-refractivity contribution in [1.29, 1.82) is 0 Å². The number of nitrogens with one attached hydrogen (secondary N) is 3. The molecular weight excluding hydrogens is 413 g/mol. The summed E-state index contributed by atoms with van der Waals surface area (Å²) in [5.41, 5.74) is 1.46.